The minimum atomic E-state index is -0.895. The Labute approximate surface area is 77.0 Å². The SMILES string of the molecule is COc1ccc(CC(O)CF)cc1. The third-order valence-electron chi connectivity index (χ3n) is 1.81. The Morgan fingerprint density at radius 1 is 1.38 bits per heavy atom. The van der Waals surface area contributed by atoms with Gasteiger partial charge in [0.15, 0.2) is 0 Å². The molecule has 0 fully saturated rings. The average Bonchev–Trinajstić information content (AvgIpc) is 2.19. The Morgan fingerprint density at radius 2 is 2.00 bits per heavy atom. The highest BCUT2D eigenvalue weighted by Gasteiger charge is 2.04. The van der Waals surface area contributed by atoms with Crippen molar-refractivity contribution >= 4 is 0 Å². The van der Waals surface area contributed by atoms with E-state index in [9.17, 15) is 4.39 Å². The van der Waals surface area contributed by atoms with E-state index < -0.39 is 12.8 Å². The first-order chi connectivity index (χ1) is 6.26. The number of benzene rings is 1. The molecule has 72 valence electrons. The molecule has 13 heavy (non-hydrogen) atoms. The third-order valence-corrected chi connectivity index (χ3v) is 1.81. The number of hydrogen-bond acceptors (Lipinski definition) is 2. The second-order valence-corrected chi connectivity index (χ2v) is 2.86. The molecule has 0 saturated carbocycles. The van der Waals surface area contributed by atoms with Gasteiger partial charge in [-0.3, -0.25) is 0 Å². The summed E-state index contributed by atoms with van der Waals surface area (Å²) in [5.41, 5.74) is 0.908. The number of alkyl halides is 1. The molecule has 0 bridgehead atoms. The van der Waals surface area contributed by atoms with E-state index >= 15 is 0 Å². The third kappa shape index (κ3) is 3.03. The topological polar surface area (TPSA) is 29.5 Å². The molecule has 0 spiro atoms. The van der Waals surface area contributed by atoms with Crippen LogP contribution >= 0.6 is 0 Å². The summed E-state index contributed by atoms with van der Waals surface area (Å²) >= 11 is 0. The number of hydrogen-bond donors (Lipinski definition) is 1. The van der Waals surface area contributed by atoms with Crippen molar-refractivity contribution in [2.24, 2.45) is 0 Å². The minimum absolute atomic E-state index is 0.348. The maximum atomic E-state index is 11.9. The largest absolute Gasteiger partial charge is 0.497 e. The van der Waals surface area contributed by atoms with Crippen LogP contribution in [-0.2, 0) is 6.42 Å². The second-order valence-electron chi connectivity index (χ2n) is 2.86. The van der Waals surface area contributed by atoms with Gasteiger partial charge in [0.2, 0.25) is 0 Å². The zero-order valence-corrected chi connectivity index (χ0v) is 7.53. The van der Waals surface area contributed by atoms with Gasteiger partial charge in [-0.1, -0.05) is 12.1 Å². The summed E-state index contributed by atoms with van der Waals surface area (Å²) in [6.45, 7) is -0.702. The maximum absolute atomic E-state index is 11.9. The van der Waals surface area contributed by atoms with Gasteiger partial charge in [-0.25, -0.2) is 4.39 Å². The van der Waals surface area contributed by atoms with Gasteiger partial charge in [-0.2, -0.15) is 0 Å². The van der Waals surface area contributed by atoms with Crippen molar-refractivity contribution in [3.63, 3.8) is 0 Å². The van der Waals surface area contributed by atoms with Gasteiger partial charge in [-0.05, 0) is 17.7 Å². The Hall–Kier alpha value is -1.09. The van der Waals surface area contributed by atoms with E-state index in [1.54, 1.807) is 19.2 Å². The molecular formula is C10H13FO2. The summed E-state index contributed by atoms with van der Waals surface area (Å²) in [7, 11) is 1.59. The smallest absolute Gasteiger partial charge is 0.118 e. The highest BCUT2D eigenvalue weighted by molar-refractivity contribution is 5.27. The Kier molecular flexibility index (Phi) is 3.71. The van der Waals surface area contributed by atoms with E-state index in [0.717, 1.165) is 11.3 Å². The number of methoxy groups -OCH3 is 1. The number of aliphatic hydroxyl groups is 1. The molecule has 0 saturated heterocycles. The molecule has 0 amide bonds. The number of rotatable bonds is 4. The van der Waals surface area contributed by atoms with Gasteiger partial charge in [-0.15, -0.1) is 0 Å². The molecule has 0 aliphatic heterocycles. The van der Waals surface area contributed by atoms with Crippen molar-refractivity contribution in [3.05, 3.63) is 29.8 Å². The highest BCUT2D eigenvalue weighted by atomic mass is 19.1. The second kappa shape index (κ2) is 4.82. The van der Waals surface area contributed by atoms with E-state index in [-0.39, 0.29) is 0 Å². The van der Waals surface area contributed by atoms with Crippen molar-refractivity contribution in [2.75, 3.05) is 13.8 Å². The number of aliphatic hydroxyl groups excluding tert-OH is 1. The Balaban J connectivity index is 2.58. The molecule has 1 unspecified atom stereocenters. The van der Waals surface area contributed by atoms with Crippen molar-refractivity contribution < 1.29 is 14.2 Å². The summed E-state index contributed by atoms with van der Waals surface area (Å²) in [6.07, 6.45) is -0.547. The van der Waals surface area contributed by atoms with Crippen LogP contribution in [0.15, 0.2) is 24.3 Å². The average molecular weight is 184 g/mol. The molecule has 1 rings (SSSR count). The molecule has 0 aliphatic rings. The molecule has 1 aromatic rings. The molecule has 3 heteroatoms. The maximum Gasteiger partial charge on any atom is 0.118 e. The lowest BCUT2D eigenvalue weighted by molar-refractivity contribution is 0.140. The van der Waals surface area contributed by atoms with Crippen LogP contribution in [-0.4, -0.2) is 25.0 Å². The zero-order valence-electron chi connectivity index (χ0n) is 7.53. The fourth-order valence-corrected chi connectivity index (χ4v) is 1.09. The first kappa shape index (κ1) is 9.99. The van der Waals surface area contributed by atoms with Crippen molar-refractivity contribution in [2.45, 2.75) is 12.5 Å². The fourth-order valence-electron chi connectivity index (χ4n) is 1.09. The van der Waals surface area contributed by atoms with Crippen molar-refractivity contribution in [1.29, 1.82) is 0 Å². The van der Waals surface area contributed by atoms with Crippen LogP contribution in [0, 0.1) is 0 Å². The number of halogens is 1. The van der Waals surface area contributed by atoms with E-state index in [1.165, 1.54) is 0 Å². The van der Waals surface area contributed by atoms with Crippen LogP contribution < -0.4 is 4.74 Å². The van der Waals surface area contributed by atoms with Gasteiger partial charge in [0.1, 0.15) is 12.4 Å². The van der Waals surface area contributed by atoms with Crippen LogP contribution in [0.2, 0.25) is 0 Å². The number of ether oxygens (including phenoxy) is 1. The van der Waals surface area contributed by atoms with Crippen LogP contribution in [0.5, 0.6) is 5.75 Å². The van der Waals surface area contributed by atoms with E-state index in [4.69, 9.17) is 9.84 Å². The summed E-state index contributed by atoms with van der Waals surface area (Å²) < 4.78 is 16.9. The molecule has 0 radical (unpaired) electrons. The van der Waals surface area contributed by atoms with Crippen molar-refractivity contribution in [1.82, 2.24) is 0 Å². The van der Waals surface area contributed by atoms with Crippen LogP contribution in [0.1, 0.15) is 5.56 Å². The summed E-state index contributed by atoms with van der Waals surface area (Å²) in [6, 6.07) is 7.22. The Bertz CT molecular complexity index is 246. The molecule has 2 nitrogen and oxygen atoms in total. The zero-order chi connectivity index (χ0) is 9.68. The standard InChI is InChI=1S/C10H13FO2/c1-13-10-4-2-8(3-5-10)6-9(12)7-11/h2-5,9,12H,6-7H2,1H3. The quantitative estimate of drug-likeness (QED) is 0.769. The van der Waals surface area contributed by atoms with Crippen LogP contribution in [0.25, 0.3) is 0 Å². The predicted octanol–water partition coefficient (Wildman–Crippen LogP) is 1.57. The lowest BCUT2D eigenvalue weighted by Crippen LogP contribution is -2.12. The van der Waals surface area contributed by atoms with E-state index in [1.807, 2.05) is 12.1 Å². The lowest BCUT2D eigenvalue weighted by Gasteiger charge is -2.06. The molecular weight excluding hydrogens is 171 g/mol. The molecule has 1 N–H and O–H groups in total. The van der Waals surface area contributed by atoms with Crippen LogP contribution in [0.4, 0.5) is 4.39 Å². The normalized spacial score (nSPS) is 12.5. The molecule has 0 aromatic heterocycles. The first-order valence-electron chi connectivity index (χ1n) is 4.13. The van der Waals surface area contributed by atoms with Crippen LogP contribution in [0.3, 0.4) is 0 Å². The van der Waals surface area contributed by atoms with Gasteiger partial charge in [0.05, 0.1) is 13.2 Å². The minimum Gasteiger partial charge on any atom is -0.497 e. The molecule has 1 aromatic carbocycles. The van der Waals surface area contributed by atoms with Gasteiger partial charge in [0, 0.05) is 6.42 Å². The summed E-state index contributed by atoms with van der Waals surface area (Å²) in [4.78, 5) is 0. The predicted molar refractivity (Wildman–Crippen MR) is 48.7 cm³/mol. The monoisotopic (exact) mass is 184 g/mol. The van der Waals surface area contributed by atoms with E-state index in [2.05, 4.69) is 0 Å². The molecule has 0 heterocycles. The van der Waals surface area contributed by atoms with Gasteiger partial charge < -0.3 is 9.84 Å². The molecule has 0 aliphatic carbocycles. The Morgan fingerprint density at radius 3 is 2.46 bits per heavy atom. The van der Waals surface area contributed by atoms with Crippen molar-refractivity contribution in [3.8, 4) is 5.75 Å². The van der Waals surface area contributed by atoms with E-state index in [0.29, 0.717) is 6.42 Å². The summed E-state index contributed by atoms with van der Waals surface area (Å²) in [5.74, 6) is 0.762. The lowest BCUT2D eigenvalue weighted by atomic mass is 10.1. The molecule has 1 atom stereocenters. The van der Waals surface area contributed by atoms with Gasteiger partial charge >= 0.3 is 0 Å². The fraction of sp³-hybridized carbons (Fsp3) is 0.400. The van der Waals surface area contributed by atoms with Gasteiger partial charge in [0.25, 0.3) is 0 Å². The summed E-state index contributed by atoms with van der Waals surface area (Å²) in [5, 5.41) is 9.03. The first-order valence-corrected chi connectivity index (χ1v) is 4.13. The highest BCUT2D eigenvalue weighted by Crippen LogP contribution is 2.12.